The standard InChI is InChI=1S/C11H14OS/c12-10-5-3-9(4-6-10)8-11-2-1-7-13-11/h1-2,7,9H,3-6,8H2. The second-order valence-corrected chi connectivity index (χ2v) is 4.80. The number of Topliss-reactive ketones (excluding diaryl/α,β-unsaturated/α-hetero) is 1. The van der Waals surface area contributed by atoms with E-state index < -0.39 is 0 Å². The highest BCUT2D eigenvalue weighted by Crippen LogP contribution is 2.26. The molecule has 70 valence electrons. The van der Waals surface area contributed by atoms with E-state index in [-0.39, 0.29) is 0 Å². The number of carbonyl (C=O) groups excluding carboxylic acids is 1. The van der Waals surface area contributed by atoms with E-state index in [1.165, 1.54) is 11.3 Å². The normalized spacial score (nSPS) is 19.2. The number of ketones is 1. The maximum atomic E-state index is 11.0. The summed E-state index contributed by atoms with van der Waals surface area (Å²) in [4.78, 5) is 12.5. The molecule has 0 aromatic carbocycles. The van der Waals surface area contributed by atoms with Crippen molar-refractivity contribution >= 4 is 17.1 Å². The van der Waals surface area contributed by atoms with Gasteiger partial charge in [0.25, 0.3) is 0 Å². The van der Waals surface area contributed by atoms with Crippen LogP contribution in [0.25, 0.3) is 0 Å². The van der Waals surface area contributed by atoms with Crippen LogP contribution in [-0.4, -0.2) is 5.78 Å². The summed E-state index contributed by atoms with van der Waals surface area (Å²) < 4.78 is 0. The van der Waals surface area contributed by atoms with Crippen molar-refractivity contribution in [2.75, 3.05) is 0 Å². The van der Waals surface area contributed by atoms with Gasteiger partial charge in [-0.2, -0.15) is 0 Å². The van der Waals surface area contributed by atoms with Crippen LogP contribution in [0.1, 0.15) is 30.6 Å². The van der Waals surface area contributed by atoms with Crippen molar-refractivity contribution in [2.45, 2.75) is 32.1 Å². The molecule has 13 heavy (non-hydrogen) atoms. The van der Waals surface area contributed by atoms with E-state index >= 15 is 0 Å². The molecule has 1 nitrogen and oxygen atoms in total. The lowest BCUT2D eigenvalue weighted by Gasteiger charge is -2.19. The summed E-state index contributed by atoms with van der Waals surface area (Å²) in [6.45, 7) is 0. The van der Waals surface area contributed by atoms with Crippen molar-refractivity contribution in [2.24, 2.45) is 5.92 Å². The van der Waals surface area contributed by atoms with Gasteiger partial charge in [-0.05, 0) is 36.6 Å². The Balaban J connectivity index is 1.86. The number of hydrogen-bond donors (Lipinski definition) is 0. The van der Waals surface area contributed by atoms with Crippen molar-refractivity contribution in [3.8, 4) is 0 Å². The van der Waals surface area contributed by atoms with E-state index in [0.29, 0.717) is 5.78 Å². The van der Waals surface area contributed by atoms with Gasteiger partial charge in [-0.3, -0.25) is 4.79 Å². The minimum atomic E-state index is 0.461. The van der Waals surface area contributed by atoms with Gasteiger partial charge < -0.3 is 0 Å². The average Bonchev–Trinajstić information content (AvgIpc) is 2.62. The summed E-state index contributed by atoms with van der Waals surface area (Å²) in [5.74, 6) is 1.22. The van der Waals surface area contributed by atoms with Crippen LogP contribution in [0.4, 0.5) is 0 Å². The fraction of sp³-hybridized carbons (Fsp3) is 0.545. The third kappa shape index (κ3) is 2.41. The molecule has 1 fully saturated rings. The molecular formula is C11H14OS. The summed E-state index contributed by atoms with van der Waals surface area (Å²) in [5, 5.41) is 2.13. The number of carbonyl (C=O) groups is 1. The van der Waals surface area contributed by atoms with Crippen LogP contribution in [-0.2, 0) is 11.2 Å². The van der Waals surface area contributed by atoms with Crippen molar-refractivity contribution < 1.29 is 4.79 Å². The second-order valence-electron chi connectivity index (χ2n) is 3.77. The minimum Gasteiger partial charge on any atom is -0.300 e. The molecule has 0 amide bonds. The lowest BCUT2D eigenvalue weighted by Crippen LogP contribution is -2.15. The zero-order valence-electron chi connectivity index (χ0n) is 7.66. The second kappa shape index (κ2) is 4.05. The predicted octanol–water partition coefficient (Wildman–Crippen LogP) is 3.05. The Bertz CT molecular complexity index is 266. The molecule has 0 bridgehead atoms. The molecule has 1 aliphatic carbocycles. The number of rotatable bonds is 2. The van der Waals surface area contributed by atoms with Crippen molar-refractivity contribution in [1.29, 1.82) is 0 Å². The molecule has 2 rings (SSSR count). The molecule has 1 heterocycles. The fourth-order valence-corrected chi connectivity index (χ4v) is 2.74. The fourth-order valence-electron chi connectivity index (χ4n) is 1.92. The van der Waals surface area contributed by atoms with Gasteiger partial charge in [0.2, 0.25) is 0 Å². The first-order chi connectivity index (χ1) is 6.34. The molecule has 0 saturated heterocycles. The van der Waals surface area contributed by atoms with Crippen LogP contribution < -0.4 is 0 Å². The Hall–Kier alpha value is -0.630. The van der Waals surface area contributed by atoms with E-state index in [1.54, 1.807) is 0 Å². The van der Waals surface area contributed by atoms with E-state index in [0.717, 1.165) is 31.6 Å². The van der Waals surface area contributed by atoms with Gasteiger partial charge in [0.1, 0.15) is 5.78 Å². The number of hydrogen-bond acceptors (Lipinski definition) is 2. The monoisotopic (exact) mass is 194 g/mol. The first-order valence-electron chi connectivity index (χ1n) is 4.88. The zero-order valence-corrected chi connectivity index (χ0v) is 8.48. The number of thiophene rings is 1. The van der Waals surface area contributed by atoms with Crippen molar-refractivity contribution in [1.82, 2.24) is 0 Å². The molecule has 1 aromatic heterocycles. The van der Waals surface area contributed by atoms with Crippen LogP contribution in [0.5, 0.6) is 0 Å². The molecule has 1 saturated carbocycles. The smallest absolute Gasteiger partial charge is 0.132 e. The van der Waals surface area contributed by atoms with Gasteiger partial charge in [0.15, 0.2) is 0 Å². The first kappa shape index (κ1) is 8.95. The van der Waals surface area contributed by atoms with Gasteiger partial charge in [-0.15, -0.1) is 11.3 Å². The lowest BCUT2D eigenvalue weighted by molar-refractivity contribution is -0.120. The largest absolute Gasteiger partial charge is 0.300 e. The Morgan fingerprint density at radius 3 is 2.77 bits per heavy atom. The molecule has 2 heteroatoms. The maximum absolute atomic E-state index is 11.0. The predicted molar refractivity (Wildman–Crippen MR) is 55.0 cm³/mol. The van der Waals surface area contributed by atoms with Gasteiger partial charge in [-0.25, -0.2) is 0 Å². The van der Waals surface area contributed by atoms with Crippen LogP contribution in [0, 0.1) is 5.92 Å². The Morgan fingerprint density at radius 2 is 2.15 bits per heavy atom. The summed E-state index contributed by atoms with van der Waals surface area (Å²) >= 11 is 1.83. The molecule has 0 N–H and O–H groups in total. The molecule has 0 radical (unpaired) electrons. The van der Waals surface area contributed by atoms with E-state index in [1.807, 2.05) is 11.3 Å². The van der Waals surface area contributed by atoms with Gasteiger partial charge in [0.05, 0.1) is 0 Å². The highest BCUT2D eigenvalue weighted by Gasteiger charge is 2.18. The Morgan fingerprint density at radius 1 is 1.38 bits per heavy atom. The lowest BCUT2D eigenvalue weighted by atomic mass is 9.86. The zero-order chi connectivity index (χ0) is 9.10. The van der Waals surface area contributed by atoms with E-state index in [2.05, 4.69) is 17.5 Å². The van der Waals surface area contributed by atoms with Crippen molar-refractivity contribution in [3.63, 3.8) is 0 Å². The molecule has 1 aliphatic rings. The van der Waals surface area contributed by atoms with E-state index in [9.17, 15) is 4.79 Å². The van der Waals surface area contributed by atoms with Crippen LogP contribution >= 0.6 is 11.3 Å². The molecule has 0 atom stereocenters. The molecular weight excluding hydrogens is 180 g/mol. The highest BCUT2D eigenvalue weighted by atomic mass is 32.1. The van der Waals surface area contributed by atoms with Gasteiger partial charge in [-0.1, -0.05) is 6.07 Å². The van der Waals surface area contributed by atoms with Gasteiger partial charge in [0, 0.05) is 17.7 Å². The molecule has 0 unspecified atom stereocenters. The highest BCUT2D eigenvalue weighted by molar-refractivity contribution is 7.09. The topological polar surface area (TPSA) is 17.1 Å². The summed E-state index contributed by atoms with van der Waals surface area (Å²) in [7, 11) is 0. The Labute approximate surface area is 82.8 Å². The van der Waals surface area contributed by atoms with Crippen LogP contribution in [0.2, 0.25) is 0 Å². The molecule has 0 spiro atoms. The van der Waals surface area contributed by atoms with Gasteiger partial charge >= 0.3 is 0 Å². The summed E-state index contributed by atoms with van der Waals surface area (Å²) in [6, 6.07) is 4.30. The minimum absolute atomic E-state index is 0.461. The third-order valence-corrected chi connectivity index (χ3v) is 3.63. The maximum Gasteiger partial charge on any atom is 0.132 e. The SMILES string of the molecule is O=C1CCC(Cc2cccs2)CC1. The Kier molecular flexibility index (Phi) is 2.79. The van der Waals surface area contributed by atoms with E-state index in [4.69, 9.17) is 0 Å². The summed E-state index contributed by atoms with van der Waals surface area (Å²) in [6.07, 6.45) is 5.03. The average molecular weight is 194 g/mol. The van der Waals surface area contributed by atoms with Crippen LogP contribution in [0.3, 0.4) is 0 Å². The molecule has 1 aromatic rings. The molecule has 0 aliphatic heterocycles. The summed E-state index contributed by atoms with van der Waals surface area (Å²) in [5.41, 5.74) is 0. The third-order valence-electron chi connectivity index (χ3n) is 2.73. The van der Waals surface area contributed by atoms with Crippen LogP contribution in [0.15, 0.2) is 17.5 Å². The quantitative estimate of drug-likeness (QED) is 0.707. The first-order valence-corrected chi connectivity index (χ1v) is 5.76. The van der Waals surface area contributed by atoms with Crippen molar-refractivity contribution in [3.05, 3.63) is 22.4 Å².